The number of fused-ring (bicyclic) bond motifs is 4. The number of nitrogens with zero attached hydrogens (tertiary/aromatic N) is 8. The van der Waals surface area contributed by atoms with Gasteiger partial charge in [0.2, 0.25) is 29.3 Å². The van der Waals surface area contributed by atoms with Crippen LogP contribution >= 0.6 is 11.3 Å². The molecule has 5 N–H and O–H groups in total. The molecular formula is C43H48FN13O4S. The van der Waals surface area contributed by atoms with Crippen molar-refractivity contribution < 1.29 is 23.6 Å². The van der Waals surface area contributed by atoms with Crippen LogP contribution in [0.15, 0.2) is 78.3 Å². The average molecular weight is 862 g/mol. The summed E-state index contributed by atoms with van der Waals surface area (Å²) in [6, 6.07) is 18.3. The fourth-order valence-corrected chi connectivity index (χ4v) is 6.01. The van der Waals surface area contributed by atoms with E-state index in [0.29, 0.717) is 45.6 Å². The van der Waals surface area contributed by atoms with Crippen LogP contribution in [-0.4, -0.2) is 70.2 Å². The van der Waals surface area contributed by atoms with Gasteiger partial charge >= 0.3 is 0 Å². The number of thiazole rings is 1. The normalized spacial score (nSPS) is 11.4. The summed E-state index contributed by atoms with van der Waals surface area (Å²) >= 11 is 1.27. The van der Waals surface area contributed by atoms with Crippen molar-refractivity contribution >= 4 is 101 Å². The van der Waals surface area contributed by atoms with Crippen molar-refractivity contribution in [3.8, 4) is 0 Å². The van der Waals surface area contributed by atoms with Crippen LogP contribution in [-0.2, 0) is 25.6 Å². The molecule has 19 heteroatoms. The summed E-state index contributed by atoms with van der Waals surface area (Å²) in [7, 11) is 0. The van der Waals surface area contributed by atoms with E-state index in [2.05, 4.69) is 66.6 Å². The Bertz CT molecular complexity index is 2710. The number of H-pyrrole nitrogens is 1. The van der Waals surface area contributed by atoms with E-state index in [0.717, 1.165) is 26.9 Å². The molecule has 4 aromatic heterocycles. The minimum atomic E-state index is -0.294. The lowest BCUT2D eigenvalue weighted by Gasteiger charge is -2.10. The maximum Gasteiger partial charge on any atom is 0.228 e. The van der Waals surface area contributed by atoms with E-state index < -0.39 is 0 Å². The number of aromatic amines is 1. The predicted molar refractivity (Wildman–Crippen MR) is 241 cm³/mol. The largest absolute Gasteiger partial charge is 0.325 e. The molecule has 1 aliphatic heterocycles. The Hall–Kier alpha value is -7.15. The number of anilines is 4. The summed E-state index contributed by atoms with van der Waals surface area (Å²) in [6.07, 6.45) is 5.26. The van der Waals surface area contributed by atoms with Gasteiger partial charge in [-0.15, -0.1) is 5.10 Å². The molecule has 3 aromatic carbocycles. The molecule has 5 heterocycles. The topological polar surface area (TPSA) is 235 Å². The lowest BCUT2D eigenvalue weighted by Crippen LogP contribution is -2.18. The average Bonchev–Trinajstić information content (AvgIpc) is 4.02. The fraction of sp³-hybridized carbons (Fsp3) is 0.302. The molecule has 1 aliphatic rings. The third-order valence-electron chi connectivity index (χ3n) is 8.73. The number of hydrogen-bond acceptors (Lipinski definition) is 13. The molecule has 0 unspecified atom stereocenters. The van der Waals surface area contributed by atoms with Gasteiger partial charge in [0.1, 0.15) is 24.2 Å². The molecule has 0 saturated heterocycles. The number of rotatable bonds is 8. The molecule has 0 aliphatic carbocycles. The smallest absolute Gasteiger partial charge is 0.228 e. The first kappa shape index (κ1) is 45.9. The van der Waals surface area contributed by atoms with Crippen molar-refractivity contribution in [3.63, 3.8) is 0 Å². The number of nitrogens with one attached hydrogen (secondary N) is 5. The van der Waals surface area contributed by atoms with Crippen LogP contribution in [0.25, 0.3) is 32.2 Å². The van der Waals surface area contributed by atoms with Crippen LogP contribution < -0.4 is 21.3 Å². The van der Waals surface area contributed by atoms with Crippen LogP contribution in [0.1, 0.15) is 61.1 Å². The van der Waals surface area contributed by atoms with Crippen molar-refractivity contribution in [2.45, 2.75) is 61.8 Å². The third-order valence-corrected chi connectivity index (χ3v) is 9.67. The Kier molecular flexibility index (Phi) is 15.8. The van der Waals surface area contributed by atoms with Crippen LogP contribution in [0, 0.1) is 29.5 Å². The molecule has 8 rings (SSSR count). The van der Waals surface area contributed by atoms with Crippen LogP contribution in [0.5, 0.6) is 0 Å². The molecule has 62 heavy (non-hydrogen) atoms. The van der Waals surface area contributed by atoms with Gasteiger partial charge in [-0.25, -0.2) is 29.3 Å². The van der Waals surface area contributed by atoms with Gasteiger partial charge in [0.15, 0.2) is 22.3 Å². The fourth-order valence-electron chi connectivity index (χ4n) is 5.12. The Balaban J connectivity index is 0.000000156. The summed E-state index contributed by atoms with van der Waals surface area (Å²) < 4.78 is 13.7. The molecule has 0 bridgehead atoms. The van der Waals surface area contributed by atoms with Gasteiger partial charge in [0.05, 0.1) is 15.9 Å². The van der Waals surface area contributed by atoms with Gasteiger partial charge in [0.25, 0.3) is 0 Å². The zero-order valence-electron chi connectivity index (χ0n) is 35.5. The minimum absolute atomic E-state index is 0.000955. The van der Waals surface area contributed by atoms with Gasteiger partial charge in [0, 0.05) is 47.4 Å². The number of carbonyl (C=O) groups is 4. The first-order valence-electron chi connectivity index (χ1n) is 19.8. The van der Waals surface area contributed by atoms with E-state index in [4.69, 9.17) is 0 Å². The monoisotopic (exact) mass is 861 g/mol. The summed E-state index contributed by atoms with van der Waals surface area (Å²) in [6.45, 7) is 14.7. The van der Waals surface area contributed by atoms with Crippen LogP contribution in [0.4, 0.5) is 32.5 Å². The summed E-state index contributed by atoms with van der Waals surface area (Å²) in [4.78, 5) is 70.3. The molecule has 0 fully saturated rings. The van der Waals surface area contributed by atoms with E-state index in [1.54, 1.807) is 26.1 Å². The van der Waals surface area contributed by atoms with Crippen molar-refractivity contribution in [1.82, 2.24) is 40.3 Å². The minimum Gasteiger partial charge on any atom is -0.325 e. The van der Waals surface area contributed by atoms with Crippen molar-refractivity contribution in [2.75, 3.05) is 21.3 Å². The van der Waals surface area contributed by atoms with Crippen LogP contribution in [0.2, 0.25) is 0 Å². The highest BCUT2D eigenvalue weighted by molar-refractivity contribution is 7.22. The highest BCUT2D eigenvalue weighted by Crippen LogP contribution is 2.29. The number of aliphatic imine (C=N–C) groups is 1. The van der Waals surface area contributed by atoms with E-state index in [1.165, 1.54) is 36.1 Å². The highest BCUT2D eigenvalue weighted by atomic mass is 32.1. The molecule has 0 atom stereocenters. The first-order chi connectivity index (χ1) is 29.6. The maximum atomic E-state index is 12.9. The van der Waals surface area contributed by atoms with Gasteiger partial charge in [-0.3, -0.25) is 24.2 Å². The second kappa shape index (κ2) is 21.4. The Morgan fingerprint density at radius 2 is 1.29 bits per heavy atom. The number of hydrogen-bond donors (Lipinski definition) is 5. The van der Waals surface area contributed by atoms with Crippen molar-refractivity contribution in [2.24, 2.45) is 28.7 Å². The van der Waals surface area contributed by atoms with Gasteiger partial charge in [-0.05, 0) is 29.7 Å². The second-order valence-corrected chi connectivity index (χ2v) is 16.0. The zero-order valence-corrected chi connectivity index (χ0v) is 36.3. The second-order valence-electron chi connectivity index (χ2n) is 15.0. The lowest BCUT2D eigenvalue weighted by molar-refractivity contribution is -0.119. The van der Waals surface area contributed by atoms with Gasteiger partial charge in [-0.1, -0.05) is 103 Å². The predicted octanol–water partition coefficient (Wildman–Crippen LogP) is 8.14. The SMILES string of the molecule is CC(C)C(=O)Nc1cccc2ccccc12.CC(C)C(=O)Nc1nc2ccc(F)cc2s1.CC(C)C(=O)Nc1ncnc2c1N=CC2.CC(C)C(=O)Nc1ncnc2n[nH]nc12. The van der Waals surface area contributed by atoms with E-state index in [-0.39, 0.29) is 53.1 Å². The summed E-state index contributed by atoms with van der Waals surface area (Å²) in [5, 5.41) is 23.9. The van der Waals surface area contributed by atoms with E-state index in [9.17, 15) is 23.6 Å². The highest BCUT2D eigenvalue weighted by Gasteiger charge is 2.17. The number of aromatic nitrogens is 8. The molecular weight excluding hydrogens is 814 g/mol. The molecule has 7 aromatic rings. The number of amides is 4. The molecule has 4 amide bonds. The lowest BCUT2D eigenvalue weighted by atomic mass is 10.1. The third kappa shape index (κ3) is 12.4. The summed E-state index contributed by atoms with van der Waals surface area (Å²) in [5.74, 6) is 0.121. The standard InChI is InChI=1S/C14H15NO.C11H11FN2OS.C10H12N4O.C8H10N6O/c1-10(2)14(16)15-13-9-5-7-11-6-3-4-8-12(11)13;1-6(2)10(15)14-11-13-8-4-3-7(12)5-9(8)16-11;1-6(2)10(15)14-9-8-7(3-4-11-8)12-5-13-9;1-4(2)8(15)11-6-5-7(10-3-9-6)13-14-12-5/h3-10H,1-2H3,(H,15,16);3-6H,1-2H3,(H,13,14,15);4-6H,3H2,1-2H3,(H,12,13,14,15);3-4H,1-2H3,(H2,9,10,11,12,13,14,15). The van der Waals surface area contributed by atoms with Gasteiger partial charge in [-0.2, -0.15) is 10.3 Å². The van der Waals surface area contributed by atoms with E-state index >= 15 is 0 Å². The Morgan fingerprint density at radius 3 is 2.00 bits per heavy atom. The quantitative estimate of drug-likeness (QED) is 0.0978. The number of carbonyl (C=O) groups excluding carboxylic acids is 4. The maximum absolute atomic E-state index is 12.9. The van der Waals surface area contributed by atoms with Crippen molar-refractivity contribution in [1.29, 1.82) is 0 Å². The first-order valence-corrected chi connectivity index (χ1v) is 20.6. The molecule has 17 nitrogen and oxygen atoms in total. The summed E-state index contributed by atoms with van der Waals surface area (Å²) in [5.41, 5.74) is 4.04. The van der Waals surface area contributed by atoms with Crippen molar-refractivity contribution in [3.05, 3.63) is 84.8 Å². The molecule has 0 saturated carbocycles. The Labute approximate surface area is 360 Å². The van der Waals surface area contributed by atoms with E-state index in [1.807, 2.05) is 84.0 Å². The number of benzene rings is 3. The molecule has 322 valence electrons. The van der Waals surface area contributed by atoms with Crippen LogP contribution in [0.3, 0.4) is 0 Å². The Morgan fingerprint density at radius 1 is 0.677 bits per heavy atom. The van der Waals surface area contributed by atoms with Gasteiger partial charge < -0.3 is 21.3 Å². The number of halogens is 1. The molecule has 0 radical (unpaired) electrons. The zero-order chi connectivity index (χ0) is 44.9. The molecule has 0 spiro atoms.